The number of carbonyl (C=O) groups is 2. The number of hydrogen-bond donors (Lipinski definition) is 1. The molecule has 1 saturated heterocycles. The first-order chi connectivity index (χ1) is 13.6. The third-order valence-electron chi connectivity index (χ3n) is 5.72. The minimum Gasteiger partial charge on any atom is -0.336 e. The highest BCUT2D eigenvalue weighted by Gasteiger charge is 2.28. The zero-order valence-electron chi connectivity index (χ0n) is 16.3. The molecule has 0 spiro atoms. The van der Waals surface area contributed by atoms with Crippen molar-refractivity contribution in [2.45, 2.75) is 26.2 Å². The summed E-state index contributed by atoms with van der Waals surface area (Å²) >= 11 is 1.75. The zero-order chi connectivity index (χ0) is 19.5. The van der Waals surface area contributed by atoms with Crippen molar-refractivity contribution < 1.29 is 9.59 Å². The largest absolute Gasteiger partial charge is 0.336 e. The summed E-state index contributed by atoms with van der Waals surface area (Å²) in [6.07, 6.45) is 3.31. The minimum absolute atomic E-state index is 0.00741. The molecular weight excluding hydrogens is 370 g/mol. The molecule has 148 valence electrons. The first-order valence-corrected chi connectivity index (χ1v) is 10.9. The Morgan fingerprint density at radius 2 is 1.89 bits per heavy atom. The molecule has 1 aliphatic heterocycles. The van der Waals surface area contributed by atoms with Crippen LogP contribution in [0.1, 0.15) is 34.1 Å². The molecule has 1 atom stereocenters. The monoisotopic (exact) mass is 397 g/mol. The number of amides is 2. The predicted molar refractivity (Wildman–Crippen MR) is 113 cm³/mol. The van der Waals surface area contributed by atoms with E-state index in [-0.39, 0.29) is 11.8 Å². The normalized spacial score (nSPS) is 19.9. The van der Waals surface area contributed by atoms with Crippen LogP contribution in [-0.4, -0.2) is 54.3 Å². The molecule has 1 N–H and O–H groups in total. The molecule has 1 aromatic carbocycles. The van der Waals surface area contributed by atoms with Crippen LogP contribution in [0.15, 0.2) is 35.7 Å². The number of rotatable bonds is 4. The number of para-hydroxylation sites is 1. The van der Waals surface area contributed by atoms with E-state index in [0.717, 1.165) is 43.1 Å². The zero-order valence-corrected chi connectivity index (χ0v) is 17.1. The minimum atomic E-state index is -0.00741. The Hall–Kier alpha value is -2.18. The molecule has 0 bridgehead atoms. The van der Waals surface area contributed by atoms with Crippen LogP contribution in [0.25, 0.3) is 0 Å². The molecule has 0 saturated carbocycles. The van der Waals surface area contributed by atoms with Gasteiger partial charge in [-0.25, -0.2) is 0 Å². The Morgan fingerprint density at radius 3 is 2.64 bits per heavy atom. The number of carbonyl (C=O) groups excluding carboxylic acids is 2. The van der Waals surface area contributed by atoms with Crippen LogP contribution in [0.5, 0.6) is 0 Å². The average molecular weight is 398 g/mol. The van der Waals surface area contributed by atoms with Crippen molar-refractivity contribution in [3.8, 4) is 0 Å². The number of benzene rings is 1. The molecule has 2 amide bonds. The fraction of sp³-hybridized carbons (Fsp3) is 0.455. The van der Waals surface area contributed by atoms with Crippen LogP contribution in [0.2, 0.25) is 0 Å². The first kappa shape index (κ1) is 19.2. The van der Waals surface area contributed by atoms with Crippen LogP contribution in [-0.2, 0) is 17.6 Å². The Labute approximate surface area is 170 Å². The molecule has 1 aromatic heterocycles. The number of anilines is 1. The summed E-state index contributed by atoms with van der Waals surface area (Å²) in [5.74, 6) is 0.882. The van der Waals surface area contributed by atoms with Gasteiger partial charge in [0, 0.05) is 42.1 Å². The second-order valence-corrected chi connectivity index (χ2v) is 8.85. The van der Waals surface area contributed by atoms with Gasteiger partial charge in [-0.2, -0.15) is 0 Å². The number of hydrogen-bond acceptors (Lipinski definition) is 4. The number of nitrogens with one attached hydrogen (secondary N) is 1. The van der Waals surface area contributed by atoms with E-state index in [1.165, 1.54) is 16.9 Å². The van der Waals surface area contributed by atoms with Gasteiger partial charge < -0.3 is 10.2 Å². The Morgan fingerprint density at radius 1 is 1.14 bits per heavy atom. The summed E-state index contributed by atoms with van der Waals surface area (Å²) in [5, 5.41) is 4.98. The van der Waals surface area contributed by atoms with E-state index in [1.54, 1.807) is 11.3 Å². The third-order valence-corrected chi connectivity index (χ3v) is 6.77. The van der Waals surface area contributed by atoms with E-state index in [2.05, 4.69) is 22.5 Å². The standard InChI is InChI=1S/C22H27N3O2S/c1-16-7-8-18-19(15-28-20(18)13-16)22(27)25-11-9-24(10-12-25)14-21(26)23-17-5-3-2-4-6-17/h2-6,15-16H,7-14H2,1H3,(H,23,26). The van der Waals surface area contributed by atoms with Gasteiger partial charge in [0.05, 0.1) is 12.1 Å². The molecule has 6 heteroatoms. The van der Waals surface area contributed by atoms with E-state index in [0.29, 0.717) is 19.6 Å². The molecule has 2 heterocycles. The maximum absolute atomic E-state index is 13.0. The van der Waals surface area contributed by atoms with Gasteiger partial charge in [0.2, 0.25) is 5.91 Å². The summed E-state index contributed by atoms with van der Waals surface area (Å²) in [5.41, 5.74) is 3.03. The molecule has 5 nitrogen and oxygen atoms in total. The second kappa shape index (κ2) is 8.45. The number of fused-ring (bicyclic) bond motifs is 1. The number of piperazine rings is 1. The van der Waals surface area contributed by atoms with Crippen molar-refractivity contribution >= 4 is 28.8 Å². The molecule has 1 unspecified atom stereocenters. The Bertz CT molecular complexity index is 841. The molecule has 28 heavy (non-hydrogen) atoms. The van der Waals surface area contributed by atoms with Gasteiger partial charge >= 0.3 is 0 Å². The van der Waals surface area contributed by atoms with Crippen molar-refractivity contribution in [1.82, 2.24) is 9.80 Å². The quantitative estimate of drug-likeness (QED) is 0.862. The van der Waals surface area contributed by atoms with Crippen molar-refractivity contribution in [3.63, 3.8) is 0 Å². The SMILES string of the molecule is CC1CCc2c(C(=O)N3CCN(CC(=O)Nc4ccccc4)CC3)csc2C1. The van der Waals surface area contributed by atoms with Crippen LogP contribution >= 0.6 is 11.3 Å². The van der Waals surface area contributed by atoms with Crippen molar-refractivity contribution in [2.75, 3.05) is 38.0 Å². The summed E-state index contributed by atoms with van der Waals surface area (Å²) in [6.45, 7) is 5.48. The second-order valence-electron chi connectivity index (χ2n) is 7.88. The van der Waals surface area contributed by atoms with E-state index in [1.807, 2.05) is 35.2 Å². The van der Waals surface area contributed by atoms with Crippen LogP contribution in [0, 0.1) is 5.92 Å². The first-order valence-electron chi connectivity index (χ1n) is 10.1. The molecular formula is C22H27N3O2S. The van der Waals surface area contributed by atoms with E-state index in [9.17, 15) is 9.59 Å². The molecule has 2 aromatic rings. The summed E-state index contributed by atoms with van der Waals surface area (Å²) < 4.78 is 0. The fourth-order valence-corrected chi connectivity index (χ4v) is 5.30. The predicted octanol–water partition coefficient (Wildman–Crippen LogP) is 3.27. The highest BCUT2D eigenvalue weighted by Crippen LogP contribution is 2.33. The number of nitrogens with zero attached hydrogens (tertiary/aromatic N) is 2. The van der Waals surface area contributed by atoms with Gasteiger partial charge in [0.25, 0.3) is 5.91 Å². The van der Waals surface area contributed by atoms with Gasteiger partial charge in [-0.15, -0.1) is 11.3 Å². The van der Waals surface area contributed by atoms with Crippen molar-refractivity contribution in [2.24, 2.45) is 5.92 Å². The summed E-state index contributed by atoms with van der Waals surface area (Å²) in [7, 11) is 0. The van der Waals surface area contributed by atoms with Gasteiger partial charge in [-0.1, -0.05) is 25.1 Å². The lowest BCUT2D eigenvalue weighted by Gasteiger charge is -2.34. The van der Waals surface area contributed by atoms with Gasteiger partial charge in [0.1, 0.15) is 0 Å². The number of thiophene rings is 1. The lowest BCUT2D eigenvalue weighted by molar-refractivity contribution is -0.117. The molecule has 1 aliphatic carbocycles. The lowest BCUT2D eigenvalue weighted by atomic mass is 9.88. The highest BCUT2D eigenvalue weighted by molar-refractivity contribution is 7.10. The van der Waals surface area contributed by atoms with E-state index >= 15 is 0 Å². The lowest BCUT2D eigenvalue weighted by Crippen LogP contribution is -2.50. The molecule has 2 aliphatic rings. The molecule has 1 fully saturated rings. The maximum atomic E-state index is 13.0. The van der Waals surface area contributed by atoms with Gasteiger partial charge in [-0.3, -0.25) is 14.5 Å². The van der Waals surface area contributed by atoms with E-state index < -0.39 is 0 Å². The Kier molecular flexibility index (Phi) is 5.78. The van der Waals surface area contributed by atoms with E-state index in [4.69, 9.17) is 0 Å². The maximum Gasteiger partial charge on any atom is 0.255 e. The highest BCUT2D eigenvalue weighted by atomic mass is 32.1. The topological polar surface area (TPSA) is 52.7 Å². The van der Waals surface area contributed by atoms with Crippen LogP contribution in [0.4, 0.5) is 5.69 Å². The van der Waals surface area contributed by atoms with Crippen LogP contribution < -0.4 is 5.32 Å². The smallest absolute Gasteiger partial charge is 0.255 e. The van der Waals surface area contributed by atoms with Gasteiger partial charge in [0.15, 0.2) is 0 Å². The summed E-state index contributed by atoms with van der Waals surface area (Å²) in [4.78, 5) is 30.7. The molecule has 0 radical (unpaired) electrons. The van der Waals surface area contributed by atoms with Crippen molar-refractivity contribution in [3.05, 3.63) is 51.7 Å². The summed E-state index contributed by atoms with van der Waals surface area (Å²) in [6, 6.07) is 9.51. The fourth-order valence-electron chi connectivity index (χ4n) is 4.06. The third kappa shape index (κ3) is 4.28. The van der Waals surface area contributed by atoms with Crippen LogP contribution in [0.3, 0.4) is 0 Å². The Balaban J connectivity index is 1.29. The van der Waals surface area contributed by atoms with Gasteiger partial charge in [-0.05, 0) is 42.9 Å². The molecule has 4 rings (SSSR count). The van der Waals surface area contributed by atoms with Crippen molar-refractivity contribution in [1.29, 1.82) is 0 Å². The average Bonchev–Trinajstić information content (AvgIpc) is 3.11.